The molecule has 2 nitrogen and oxygen atoms in total. The van der Waals surface area contributed by atoms with Crippen LogP contribution in [0.4, 0.5) is 0 Å². The molecule has 1 N–H and O–H groups in total. The van der Waals surface area contributed by atoms with Crippen LogP contribution >= 0.6 is 11.6 Å². The zero-order valence-corrected chi connectivity index (χ0v) is 10.5. The van der Waals surface area contributed by atoms with Crippen LogP contribution in [0.25, 0.3) is 10.9 Å². The van der Waals surface area contributed by atoms with Gasteiger partial charge in [0.05, 0.1) is 12.1 Å². The summed E-state index contributed by atoms with van der Waals surface area (Å²) < 4.78 is 2.04. The quantitative estimate of drug-likeness (QED) is 0.851. The van der Waals surface area contributed by atoms with Crippen molar-refractivity contribution in [3.8, 4) is 0 Å². The van der Waals surface area contributed by atoms with E-state index in [1.54, 1.807) is 13.8 Å². The lowest BCUT2D eigenvalue weighted by Crippen LogP contribution is -2.25. The van der Waals surface area contributed by atoms with E-state index in [0.29, 0.717) is 6.54 Å². The van der Waals surface area contributed by atoms with Gasteiger partial charge in [0, 0.05) is 22.1 Å². The number of fused-ring (bicyclic) bond motifs is 1. The summed E-state index contributed by atoms with van der Waals surface area (Å²) in [5, 5.41) is 11.8. The van der Waals surface area contributed by atoms with Crippen LogP contribution in [0.2, 0.25) is 5.02 Å². The molecule has 0 amide bonds. The highest BCUT2D eigenvalue weighted by Gasteiger charge is 2.15. The van der Waals surface area contributed by atoms with Gasteiger partial charge in [-0.25, -0.2) is 0 Å². The second-order valence-electron chi connectivity index (χ2n) is 4.91. The molecule has 0 spiro atoms. The van der Waals surface area contributed by atoms with Gasteiger partial charge in [-0.05, 0) is 44.5 Å². The third-order valence-electron chi connectivity index (χ3n) is 2.62. The molecule has 86 valence electrons. The van der Waals surface area contributed by atoms with E-state index in [4.69, 9.17) is 11.6 Å². The summed E-state index contributed by atoms with van der Waals surface area (Å²) in [7, 11) is 0. The summed E-state index contributed by atoms with van der Waals surface area (Å²) >= 11 is 6.05. The minimum atomic E-state index is -0.720. The molecule has 0 saturated carbocycles. The Balaban J connectivity index is 2.56. The van der Waals surface area contributed by atoms with Crippen molar-refractivity contribution in [2.45, 2.75) is 32.9 Å². The maximum absolute atomic E-state index is 9.83. The van der Waals surface area contributed by atoms with E-state index in [0.717, 1.165) is 16.1 Å². The Labute approximate surface area is 100 Å². The largest absolute Gasteiger partial charge is 0.389 e. The Morgan fingerprint density at radius 1 is 1.38 bits per heavy atom. The van der Waals surface area contributed by atoms with Crippen molar-refractivity contribution >= 4 is 22.5 Å². The first-order chi connectivity index (χ1) is 7.37. The average molecular weight is 238 g/mol. The van der Waals surface area contributed by atoms with E-state index in [-0.39, 0.29) is 0 Å². The van der Waals surface area contributed by atoms with Gasteiger partial charge in [-0.2, -0.15) is 0 Å². The monoisotopic (exact) mass is 237 g/mol. The smallest absolute Gasteiger partial charge is 0.0769 e. The maximum Gasteiger partial charge on any atom is 0.0769 e. The SMILES string of the molecule is Cc1cc(Cl)cc2c1ccn2CC(C)(C)O. The van der Waals surface area contributed by atoms with Crippen LogP contribution in [-0.2, 0) is 6.54 Å². The van der Waals surface area contributed by atoms with Gasteiger partial charge in [-0.15, -0.1) is 0 Å². The summed E-state index contributed by atoms with van der Waals surface area (Å²) in [5.74, 6) is 0. The lowest BCUT2D eigenvalue weighted by molar-refractivity contribution is 0.0628. The van der Waals surface area contributed by atoms with E-state index in [1.807, 2.05) is 29.8 Å². The summed E-state index contributed by atoms with van der Waals surface area (Å²) in [4.78, 5) is 0. The number of aromatic nitrogens is 1. The summed E-state index contributed by atoms with van der Waals surface area (Å²) in [5.41, 5.74) is 1.52. The molecule has 0 aliphatic heterocycles. The Bertz CT molecular complexity index is 522. The third-order valence-corrected chi connectivity index (χ3v) is 2.84. The molecule has 0 aliphatic rings. The number of rotatable bonds is 2. The van der Waals surface area contributed by atoms with Crippen molar-refractivity contribution in [3.63, 3.8) is 0 Å². The number of aliphatic hydroxyl groups is 1. The predicted octanol–water partition coefficient (Wildman–Crippen LogP) is 3.37. The molecular weight excluding hydrogens is 222 g/mol. The van der Waals surface area contributed by atoms with Crippen molar-refractivity contribution in [3.05, 3.63) is 35.0 Å². The number of nitrogens with zero attached hydrogens (tertiary/aromatic N) is 1. The molecule has 1 heterocycles. The fraction of sp³-hybridized carbons (Fsp3) is 0.385. The molecule has 0 radical (unpaired) electrons. The van der Waals surface area contributed by atoms with E-state index >= 15 is 0 Å². The van der Waals surface area contributed by atoms with E-state index in [2.05, 4.69) is 6.07 Å². The zero-order chi connectivity index (χ0) is 11.9. The van der Waals surface area contributed by atoms with Crippen LogP contribution in [-0.4, -0.2) is 15.3 Å². The maximum atomic E-state index is 9.83. The van der Waals surface area contributed by atoms with Crippen LogP contribution < -0.4 is 0 Å². The average Bonchev–Trinajstić information content (AvgIpc) is 2.46. The molecule has 0 saturated heterocycles. The van der Waals surface area contributed by atoms with Crippen molar-refractivity contribution in [1.29, 1.82) is 0 Å². The number of hydrogen-bond acceptors (Lipinski definition) is 1. The fourth-order valence-electron chi connectivity index (χ4n) is 1.99. The topological polar surface area (TPSA) is 25.2 Å². The summed E-state index contributed by atoms with van der Waals surface area (Å²) in [6, 6.07) is 5.96. The van der Waals surface area contributed by atoms with Crippen LogP contribution in [0.15, 0.2) is 24.4 Å². The summed E-state index contributed by atoms with van der Waals surface area (Å²) in [6.45, 7) is 6.21. The molecule has 16 heavy (non-hydrogen) atoms. The highest BCUT2D eigenvalue weighted by atomic mass is 35.5. The van der Waals surface area contributed by atoms with Gasteiger partial charge in [0.25, 0.3) is 0 Å². The molecule has 1 aromatic carbocycles. The molecular formula is C13H16ClNO. The lowest BCUT2D eigenvalue weighted by Gasteiger charge is -2.18. The number of halogens is 1. The fourth-order valence-corrected chi connectivity index (χ4v) is 2.26. The number of benzene rings is 1. The summed E-state index contributed by atoms with van der Waals surface area (Å²) in [6.07, 6.45) is 1.99. The van der Waals surface area contributed by atoms with Gasteiger partial charge < -0.3 is 9.67 Å². The van der Waals surface area contributed by atoms with Crippen molar-refractivity contribution < 1.29 is 5.11 Å². The Morgan fingerprint density at radius 3 is 2.69 bits per heavy atom. The van der Waals surface area contributed by atoms with Gasteiger partial charge in [0.15, 0.2) is 0 Å². The molecule has 2 rings (SSSR count). The van der Waals surface area contributed by atoms with Gasteiger partial charge in [-0.1, -0.05) is 11.6 Å². The first kappa shape index (κ1) is 11.5. The van der Waals surface area contributed by atoms with Crippen LogP contribution in [0.3, 0.4) is 0 Å². The Morgan fingerprint density at radius 2 is 2.06 bits per heavy atom. The first-order valence-corrected chi connectivity index (χ1v) is 5.72. The van der Waals surface area contributed by atoms with Gasteiger partial charge in [0.1, 0.15) is 0 Å². The molecule has 0 bridgehead atoms. The third kappa shape index (κ3) is 2.23. The highest BCUT2D eigenvalue weighted by molar-refractivity contribution is 6.31. The molecule has 3 heteroatoms. The molecule has 0 aliphatic carbocycles. The zero-order valence-electron chi connectivity index (χ0n) is 9.79. The minimum absolute atomic E-state index is 0.566. The van der Waals surface area contributed by atoms with Crippen LogP contribution in [0.5, 0.6) is 0 Å². The van der Waals surface area contributed by atoms with Gasteiger partial charge in [0.2, 0.25) is 0 Å². The number of aryl methyl sites for hydroxylation is 1. The van der Waals surface area contributed by atoms with Gasteiger partial charge >= 0.3 is 0 Å². The minimum Gasteiger partial charge on any atom is -0.389 e. The lowest BCUT2D eigenvalue weighted by atomic mass is 10.1. The van der Waals surface area contributed by atoms with Crippen LogP contribution in [0, 0.1) is 6.92 Å². The Hall–Kier alpha value is -0.990. The second kappa shape index (κ2) is 3.79. The van der Waals surface area contributed by atoms with Crippen molar-refractivity contribution in [1.82, 2.24) is 4.57 Å². The van der Waals surface area contributed by atoms with E-state index in [1.165, 1.54) is 5.39 Å². The van der Waals surface area contributed by atoms with Gasteiger partial charge in [-0.3, -0.25) is 0 Å². The normalized spacial score (nSPS) is 12.3. The van der Waals surface area contributed by atoms with Crippen LogP contribution in [0.1, 0.15) is 19.4 Å². The van der Waals surface area contributed by atoms with E-state index < -0.39 is 5.60 Å². The molecule has 0 fully saturated rings. The highest BCUT2D eigenvalue weighted by Crippen LogP contribution is 2.25. The van der Waals surface area contributed by atoms with E-state index in [9.17, 15) is 5.11 Å². The Kier molecular flexibility index (Phi) is 2.72. The number of hydrogen-bond donors (Lipinski definition) is 1. The standard InChI is InChI=1S/C13H16ClNO/c1-9-6-10(14)7-12-11(9)4-5-15(12)8-13(2,3)16/h4-7,16H,8H2,1-3H3. The molecule has 2 aromatic rings. The van der Waals surface area contributed by atoms with Crippen molar-refractivity contribution in [2.75, 3.05) is 0 Å². The molecule has 0 unspecified atom stereocenters. The van der Waals surface area contributed by atoms with Crippen molar-refractivity contribution in [2.24, 2.45) is 0 Å². The second-order valence-corrected chi connectivity index (χ2v) is 5.35. The molecule has 0 atom stereocenters. The predicted molar refractivity (Wildman–Crippen MR) is 68.0 cm³/mol. The molecule has 1 aromatic heterocycles. The first-order valence-electron chi connectivity index (χ1n) is 5.34.